The Bertz CT molecular complexity index is 625. The third-order valence-corrected chi connectivity index (χ3v) is 5.34. The van der Waals surface area contributed by atoms with Crippen LogP contribution in [0.3, 0.4) is 0 Å². The van der Waals surface area contributed by atoms with Crippen molar-refractivity contribution in [3.05, 3.63) is 35.4 Å². The van der Waals surface area contributed by atoms with Gasteiger partial charge in [-0.05, 0) is 49.1 Å². The van der Waals surface area contributed by atoms with Gasteiger partial charge in [-0.1, -0.05) is 38.1 Å². The number of carboxylic acid groups (broad SMARTS) is 1. The number of rotatable bonds is 5. The highest BCUT2D eigenvalue weighted by Crippen LogP contribution is 2.60. The molecule has 1 saturated carbocycles. The zero-order chi connectivity index (χ0) is 16.6. The van der Waals surface area contributed by atoms with Crippen LogP contribution in [0.15, 0.2) is 24.3 Å². The highest BCUT2D eigenvalue weighted by Gasteiger charge is 2.60. The van der Waals surface area contributed by atoms with Gasteiger partial charge in [0.1, 0.15) is 6.04 Å². The van der Waals surface area contributed by atoms with Crippen molar-refractivity contribution in [3.63, 3.8) is 0 Å². The summed E-state index contributed by atoms with van der Waals surface area (Å²) in [7, 11) is 0. The van der Waals surface area contributed by atoms with Crippen LogP contribution in [0.2, 0.25) is 0 Å². The SMILES string of the molecule is CC(C)CC(NC(=O)C1CC12CCCc1ccccc12)C(=O)O. The van der Waals surface area contributed by atoms with E-state index in [1.807, 2.05) is 19.9 Å². The lowest BCUT2D eigenvalue weighted by molar-refractivity contribution is -0.142. The average molecular weight is 315 g/mol. The first-order chi connectivity index (χ1) is 10.9. The summed E-state index contributed by atoms with van der Waals surface area (Å²) in [4.78, 5) is 24.0. The molecule has 0 aromatic heterocycles. The number of aliphatic carboxylic acids is 1. The maximum absolute atomic E-state index is 12.6. The molecule has 1 spiro atoms. The Kier molecular flexibility index (Phi) is 4.17. The molecule has 4 heteroatoms. The van der Waals surface area contributed by atoms with Gasteiger partial charge in [0.25, 0.3) is 0 Å². The molecule has 124 valence electrons. The number of amides is 1. The van der Waals surface area contributed by atoms with Crippen LogP contribution in [0.4, 0.5) is 0 Å². The number of fused-ring (bicyclic) bond motifs is 2. The second-order valence-corrected chi connectivity index (χ2v) is 7.45. The van der Waals surface area contributed by atoms with Crippen molar-refractivity contribution < 1.29 is 14.7 Å². The van der Waals surface area contributed by atoms with E-state index in [2.05, 4.69) is 23.5 Å². The Morgan fingerprint density at radius 3 is 2.78 bits per heavy atom. The lowest BCUT2D eigenvalue weighted by Crippen LogP contribution is -2.43. The van der Waals surface area contributed by atoms with E-state index < -0.39 is 12.0 Å². The van der Waals surface area contributed by atoms with Crippen molar-refractivity contribution in [2.24, 2.45) is 11.8 Å². The summed E-state index contributed by atoms with van der Waals surface area (Å²) in [5.74, 6) is -0.863. The summed E-state index contributed by atoms with van der Waals surface area (Å²) < 4.78 is 0. The van der Waals surface area contributed by atoms with Crippen molar-refractivity contribution >= 4 is 11.9 Å². The summed E-state index contributed by atoms with van der Waals surface area (Å²) in [6.45, 7) is 3.94. The van der Waals surface area contributed by atoms with Crippen LogP contribution in [0.5, 0.6) is 0 Å². The summed E-state index contributed by atoms with van der Waals surface area (Å²) in [6.07, 6.45) is 4.54. The first-order valence-electron chi connectivity index (χ1n) is 8.55. The zero-order valence-corrected chi connectivity index (χ0v) is 13.8. The Morgan fingerprint density at radius 1 is 1.35 bits per heavy atom. The van der Waals surface area contributed by atoms with E-state index >= 15 is 0 Å². The van der Waals surface area contributed by atoms with E-state index in [1.54, 1.807) is 0 Å². The van der Waals surface area contributed by atoms with Gasteiger partial charge in [0.2, 0.25) is 5.91 Å². The Labute approximate surface area is 137 Å². The largest absolute Gasteiger partial charge is 0.480 e. The highest BCUT2D eigenvalue weighted by molar-refractivity contribution is 5.88. The number of carbonyl (C=O) groups is 2. The van der Waals surface area contributed by atoms with Gasteiger partial charge >= 0.3 is 5.97 Å². The van der Waals surface area contributed by atoms with Crippen LogP contribution in [0.1, 0.15) is 50.7 Å². The van der Waals surface area contributed by atoms with Gasteiger partial charge in [-0.15, -0.1) is 0 Å². The van der Waals surface area contributed by atoms with Gasteiger partial charge in [-0.25, -0.2) is 4.79 Å². The van der Waals surface area contributed by atoms with Gasteiger partial charge in [-0.3, -0.25) is 4.79 Å². The molecule has 0 bridgehead atoms. The van der Waals surface area contributed by atoms with Crippen molar-refractivity contribution in [3.8, 4) is 0 Å². The molecular formula is C19H25NO3. The van der Waals surface area contributed by atoms with Gasteiger partial charge in [0.15, 0.2) is 0 Å². The van der Waals surface area contributed by atoms with E-state index in [0.29, 0.717) is 6.42 Å². The summed E-state index contributed by atoms with van der Waals surface area (Å²) >= 11 is 0. The van der Waals surface area contributed by atoms with E-state index in [-0.39, 0.29) is 23.2 Å². The Balaban J connectivity index is 1.73. The van der Waals surface area contributed by atoms with Gasteiger partial charge in [0.05, 0.1) is 0 Å². The summed E-state index contributed by atoms with van der Waals surface area (Å²) in [6, 6.07) is 7.61. The van der Waals surface area contributed by atoms with E-state index in [4.69, 9.17) is 0 Å². The molecule has 0 radical (unpaired) electrons. The molecule has 0 aliphatic heterocycles. The number of hydrogen-bond donors (Lipinski definition) is 2. The van der Waals surface area contributed by atoms with Gasteiger partial charge < -0.3 is 10.4 Å². The number of aryl methyl sites for hydroxylation is 1. The van der Waals surface area contributed by atoms with Crippen LogP contribution >= 0.6 is 0 Å². The third-order valence-electron chi connectivity index (χ3n) is 5.34. The standard InChI is InChI=1S/C19H25NO3/c1-12(2)10-16(18(22)23)20-17(21)15-11-19(15)9-5-7-13-6-3-4-8-14(13)19/h3-4,6,8,12,15-16H,5,7,9-11H2,1-2H3,(H,20,21)(H,22,23). The normalized spacial score (nSPS) is 26.7. The molecule has 2 N–H and O–H groups in total. The number of carboxylic acids is 1. The number of nitrogens with one attached hydrogen (secondary N) is 1. The molecule has 4 nitrogen and oxygen atoms in total. The van der Waals surface area contributed by atoms with E-state index in [1.165, 1.54) is 11.1 Å². The van der Waals surface area contributed by atoms with Crippen molar-refractivity contribution in [2.45, 2.75) is 57.4 Å². The smallest absolute Gasteiger partial charge is 0.326 e. The van der Waals surface area contributed by atoms with Gasteiger partial charge in [-0.2, -0.15) is 0 Å². The molecule has 3 unspecified atom stereocenters. The van der Waals surface area contributed by atoms with Crippen molar-refractivity contribution in [1.82, 2.24) is 5.32 Å². The molecule has 0 saturated heterocycles. The van der Waals surface area contributed by atoms with E-state index in [9.17, 15) is 14.7 Å². The zero-order valence-electron chi connectivity index (χ0n) is 13.8. The maximum atomic E-state index is 12.6. The Morgan fingerprint density at radius 2 is 2.09 bits per heavy atom. The fraction of sp³-hybridized carbons (Fsp3) is 0.579. The molecule has 1 aromatic rings. The van der Waals surface area contributed by atoms with Gasteiger partial charge in [0, 0.05) is 11.3 Å². The number of benzene rings is 1. The average Bonchev–Trinajstić information content (AvgIpc) is 3.21. The van der Waals surface area contributed by atoms with Crippen LogP contribution < -0.4 is 5.32 Å². The molecule has 0 heterocycles. The monoisotopic (exact) mass is 315 g/mol. The highest BCUT2D eigenvalue weighted by atomic mass is 16.4. The third kappa shape index (κ3) is 2.99. The lowest BCUT2D eigenvalue weighted by atomic mass is 9.78. The minimum absolute atomic E-state index is 0.0419. The molecule has 2 aliphatic carbocycles. The predicted molar refractivity (Wildman–Crippen MR) is 88.2 cm³/mol. The quantitative estimate of drug-likeness (QED) is 0.878. The first kappa shape index (κ1) is 16.0. The fourth-order valence-electron chi connectivity index (χ4n) is 4.14. The minimum atomic E-state index is -0.939. The number of carbonyl (C=O) groups excluding carboxylic acids is 1. The first-order valence-corrected chi connectivity index (χ1v) is 8.55. The van der Waals surface area contributed by atoms with Crippen molar-refractivity contribution in [2.75, 3.05) is 0 Å². The summed E-state index contributed by atoms with van der Waals surface area (Å²) in [5.41, 5.74) is 2.62. The van der Waals surface area contributed by atoms with Crippen LogP contribution in [-0.4, -0.2) is 23.0 Å². The predicted octanol–water partition coefficient (Wildman–Crippen LogP) is 2.90. The molecule has 23 heavy (non-hydrogen) atoms. The minimum Gasteiger partial charge on any atom is -0.480 e. The Hall–Kier alpha value is -1.84. The number of hydrogen-bond acceptors (Lipinski definition) is 2. The maximum Gasteiger partial charge on any atom is 0.326 e. The lowest BCUT2D eigenvalue weighted by Gasteiger charge is -2.26. The molecule has 1 amide bonds. The van der Waals surface area contributed by atoms with E-state index in [0.717, 1.165) is 25.7 Å². The second-order valence-electron chi connectivity index (χ2n) is 7.45. The fourth-order valence-corrected chi connectivity index (χ4v) is 4.14. The van der Waals surface area contributed by atoms with Crippen LogP contribution in [-0.2, 0) is 21.4 Å². The van der Waals surface area contributed by atoms with Crippen molar-refractivity contribution in [1.29, 1.82) is 0 Å². The van der Waals surface area contributed by atoms with Crippen LogP contribution in [0.25, 0.3) is 0 Å². The molecule has 2 aliphatic rings. The molecule has 3 rings (SSSR count). The van der Waals surface area contributed by atoms with Crippen LogP contribution in [0, 0.1) is 11.8 Å². The molecule has 3 atom stereocenters. The molecule has 1 fully saturated rings. The second kappa shape index (κ2) is 5.99. The topological polar surface area (TPSA) is 66.4 Å². The molecule has 1 aromatic carbocycles. The summed E-state index contributed by atoms with van der Waals surface area (Å²) in [5, 5.41) is 12.1. The molecular weight excluding hydrogens is 290 g/mol.